The summed E-state index contributed by atoms with van der Waals surface area (Å²) in [7, 11) is 0. The Kier molecular flexibility index (Phi) is 5.92. The van der Waals surface area contributed by atoms with E-state index >= 15 is 0 Å². The van der Waals surface area contributed by atoms with Gasteiger partial charge >= 0.3 is 6.03 Å². The zero-order valence-electron chi connectivity index (χ0n) is 13.6. The van der Waals surface area contributed by atoms with Crippen LogP contribution in [-0.4, -0.2) is 41.5 Å². The Hall–Kier alpha value is -2.15. The van der Waals surface area contributed by atoms with E-state index in [0.717, 1.165) is 25.9 Å². The van der Waals surface area contributed by atoms with Gasteiger partial charge in [0, 0.05) is 37.0 Å². The lowest BCUT2D eigenvalue weighted by Gasteiger charge is -2.35. The molecular formula is C16H24N4O3. The maximum Gasteiger partial charge on any atom is 0.319 e. The number of rotatable bonds is 5. The number of likely N-dealkylation sites (tertiary alicyclic amines) is 1. The molecule has 7 heteroatoms. The van der Waals surface area contributed by atoms with Gasteiger partial charge in [0.1, 0.15) is 0 Å². The van der Waals surface area contributed by atoms with E-state index in [1.54, 1.807) is 12.1 Å². The van der Waals surface area contributed by atoms with Gasteiger partial charge in [0.05, 0.1) is 4.92 Å². The van der Waals surface area contributed by atoms with Crippen molar-refractivity contribution in [2.75, 3.05) is 25.0 Å². The number of non-ortho nitro benzene ring substituents is 1. The normalized spacial score (nSPS) is 18.7. The van der Waals surface area contributed by atoms with E-state index in [0.29, 0.717) is 24.2 Å². The van der Waals surface area contributed by atoms with Gasteiger partial charge in [-0.2, -0.15) is 0 Å². The molecule has 0 unspecified atom stereocenters. The minimum absolute atomic E-state index is 0.0392. The number of urea groups is 1. The lowest BCUT2D eigenvalue weighted by atomic mass is 9.97. The summed E-state index contributed by atoms with van der Waals surface area (Å²) in [5, 5.41) is 16.2. The molecule has 1 heterocycles. The fourth-order valence-electron chi connectivity index (χ4n) is 2.84. The summed E-state index contributed by atoms with van der Waals surface area (Å²) in [5.74, 6) is 0.446. The number of carbonyl (C=O) groups is 1. The first-order chi connectivity index (χ1) is 11.0. The molecule has 1 aromatic carbocycles. The highest BCUT2D eigenvalue weighted by molar-refractivity contribution is 5.89. The number of piperidine rings is 1. The van der Waals surface area contributed by atoms with E-state index in [1.807, 2.05) is 0 Å². The molecule has 1 aliphatic heterocycles. The van der Waals surface area contributed by atoms with Crippen molar-refractivity contribution in [3.8, 4) is 0 Å². The van der Waals surface area contributed by atoms with Crippen LogP contribution in [0, 0.1) is 16.0 Å². The zero-order valence-corrected chi connectivity index (χ0v) is 13.6. The average Bonchev–Trinajstić information content (AvgIpc) is 2.53. The van der Waals surface area contributed by atoms with Crippen LogP contribution >= 0.6 is 0 Å². The first-order valence-corrected chi connectivity index (χ1v) is 7.99. The van der Waals surface area contributed by atoms with Gasteiger partial charge < -0.3 is 15.5 Å². The van der Waals surface area contributed by atoms with Crippen LogP contribution < -0.4 is 10.6 Å². The van der Waals surface area contributed by atoms with Crippen molar-refractivity contribution in [2.24, 2.45) is 5.92 Å². The van der Waals surface area contributed by atoms with Crippen LogP contribution in [0.5, 0.6) is 0 Å². The SMILES string of the molecule is CC(C)N1CCC[C@@H](CNC(=O)Nc2cccc([N+](=O)[O-])c2)C1. The van der Waals surface area contributed by atoms with Gasteiger partial charge in [0.2, 0.25) is 0 Å². The van der Waals surface area contributed by atoms with Crippen molar-refractivity contribution in [2.45, 2.75) is 32.7 Å². The number of amides is 2. The largest absolute Gasteiger partial charge is 0.338 e. The quantitative estimate of drug-likeness (QED) is 0.645. The number of hydrogen-bond acceptors (Lipinski definition) is 4. The first-order valence-electron chi connectivity index (χ1n) is 7.99. The molecule has 2 rings (SSSR count). The second-order valence-corrected chi connectivity index (χ2v) is 6.24. The molecule has 0 aliphatic carbocycles. The van der Waals surface area contributed by atoms with E-state index < -0.39 is 4.92 Å². The molecule has 1 atom stereocenters. The highest BCUT2D eigenvalue weighted by Gasteiger charge is 2.21. The Bertz CT molecular complexity index is 562. The Labute approximate surface area is 136 Å². The Morgan fingerprint density at radius 2 is 2.26 bits per heavy atom. The van der Waals surface area contributed by atoms with Gasteiger partial charge in [-0.05, 0) is 45.2 Å². The van der Waals surface area contributed by atoms with Crippen molar-refractivity contribution in [1.29, 1.82) is 0 Å². The van der Waals surface area contributed by atoms with E-state index in [-0.39, 0.29) is 11.7 Å². The first kappa shape index (κ1) is 17.2. The molecule has 23 heavy (non-hydrogen) atoms. The monoisotopic (exact) mass is 320 g/mol. The van der Waals surface area contributed by atoms with Gasteiger partial charge in [-0.1, -0.05) is 6.07 Å². The predicted octanol–water partition coefficient (Wildman–Crippen LogP) is 2.84. The molecule has 1 fully saturated rings. The molecular weight excluding hydrogens is 296 g/mol. The van der Waals surface area contributed by atoms with E-state index in [4.69, 9.17) is 0 Å². The molecule has 0 saturated carbocycles. The Balaban J connectivity index is 1.81. The fraction of sp³-hybridized carbons (Fsp3) is 0.562. The van der Waals surface area contributed by atoms with Gasteiger partial charge in [0.15, 0.2) is 0 Å². The van der Waals surface area contributed by atoms with Crippen LogP contribution in [0.3, 0.4) is 0 Å². The topological polar surface area (TPSA) is 87.5 Å². The van der Waals surface area contributed by atoms with Gasteiger partial charge in [-0.15, -0.1) is 0 Å². The number of nitrogens with one attached hydrogen (secondary N) is 2. The standard InChI is InChI=1S/C16H24N4O3/c1-12(2)19-8-4-5-13(11-19)10-17-16(21)18-14-6-3-7-15(9-14)20(22)23/h3,6-7,9,12-13H,4-5,8,10-11H2,1-2H3,(H2,17,18,21)/t13-/m0/s1. The summed E-state index contributed by atoms with van der Waals surface area (Å²) < 4.78 is 0. The number of nitro benzene ring substituents is 1. The minimum Gasteiger partial charge on any atom is -0.338 e. The van der Waals surface area contributed by atoms with E-state index in [2.05, 4.69) is 29.4 Å². The maximum absolute atomic E-state index is 11.9. The van der Waals surface area contributed by atoms with Crippen molar-refractivity contribution >= 4 is 17.4 Å². The smallest absolute Gasteiger partial charge is 0.319 e. The van der Waals surface area contributed by atoms with Crippen LogP contribution in [0.2, 0.25) is 0 Å². The second-order valence-electron chi connectivity index (χ2n) is 6.24. The third-order valence-corrected chi connectivity index (χ3v) is 4.15. The molecule has 1 aromatic rings. The second kappa shape index (κ2) is 7.92. The van der Waals surface area contributed by atoms with Gasteiger partial charge in [-0.3, -0.25) is 10.1 Å². The fourth-order valence-corrected chi connectivity index (χ4v) is 2.84. The lowest BCUT2D eigenvalue weighted by Crippen LogP contribution is -2.44. The van der Waals surface area contributed by atoms with Crippen molar-refractivity contribution in [3.05, 3.63) is 34.4 Å². The van der Waals surface area contributed by atoms with Gasteiger partial charge in [0.25, 0.3) is 5.69 Å². The molecule has 0 bridgehead atoms. The average molecular weight is 320 g/mol. The lowest BCUT2D eigenvalue weighted by molar-refractivity contribution is -0.384. The van der Waals surface area contributed by atoms with Crippen molar-refractivity contribution < 1.29 is 9.72 Å². The molecule has 126 valence electrons. The van der Waals surface area contributed by atoms with E-state index in [9.17, 15) is 14.9 Å². The van der Waals surface area contributed by atoms with Crippen LogP contribution in [0.15, 0.2) is 24.3 Å². The van der Waals surface area contributed by atoms with E-state index in [1.165, 1.54) is 12.1 Å². The zero-order chi connectivity index (χ0) is 16.8. The van der Waals surface area contributed by atoms with Crippen LogP contribution in [0.1, 0.15) is 26.7 Å². The third-order valence-electron chi connectivity index (χ3n) is 4.15. The summed E-state index contributed by atoms with van der Waals surface area (Å²) in [6.07, 6.45) is 2.26. The van der Waals surface area contributed by atoms with Crippen molar-refractivity contribution in [1.82, 2.24) is 10.2 Å². The third kappa shape index (κ3) is 5.21. The molecule has 2 amide bonds. The van der Waals surface area contributed by atoms with Crippen molar-refractivity contribution in [3.63, 3.8) is 0 Å². The summed E-state index contributed by atoms with van der Waals surface area (Å²) in [4.78, 5) is 24.6. The maximum atomic E-state index is 11.9. The van der Waals surface area contributed by atoms with Gasteiger partial charge in [-0.25, -0.2) is 4.79 Å². The Morgan fingerprint density at radius 3 is 2.96 bits per heavy atom. The summed E-state index contributed by atoms with van der Waals surface area (Å²) in [5.41, 5.74) is 0.381. The molecule has 0 spiro atoms. The molecule has 0 aromatic heterocycles. The highest BCUT2D eigenvalue weighted by atomic mass is 16.6. The number of benzene rings is 1. The minimum atomic E-state index is -0.481. The summed E-state index contributed by atoms with van der Waals surface area (Å²) in [6, 6.07) is 6.12. The Morgan fingerprint density at radius 1 is 1.48 bits per heavy atom. The highest BCUT2D eigenvalue weighted by Crippen LogP contribution is 2.18. The van der Waals surface area contributed by atoms with Crippen LogP contribution in [0.4, 0.5) is 16.2 Å². The summed E-state index contributed by atoms with van der Waals surface area (Å²) in [6.45, 7) is 7.10. The molecule has 1 aliphatic rings. The predicted molar refractivity (Wildman–Crippen MR) is 89.6 cm³/mol. The molecule has 7 nitrogen and oxygen atoms in total. The number of nitro groups is 1. The number of anilines is 1. The molecule has 0 radical (unpaired) electrons. The number of hydrogen-bond donors (Lipinski definition) is 2. The number of carbonyl (C=O) groups excluding carboxylic acids is 1. The molecule has 2 N–H and O–H groups in total. The van der Waals surface area contributed by atoms with Crippen LogP contribution in [0.25, 0.3) is 0 Å². The number of nitrogens with zero attached hydrogens (tertiary/aromatic N) is 2. The van der Waals surface area contributed by atoms with Crippen LogP contribution in [-0.2, 0) is 0 Å². The summed E-state index contributed by atoms with van der Waals surface area (Å²) >= 11 is 0. The molecule has 1 saturated heterocycles.